The number of amides is 1. The van der Waals surface area contributed by atoms with Gasteiger partial charge in [-0.25, -0.2) is 8.42 Å². The molecule has 0 aliphatic carbocycles. The summed E-state index contributed by atoms with van der Waals surface area (Å²) < 4.78 is 26.2. The predicted octanol–water partition coefficient (Wildman–Crippen LogP) is 5.00. The van der Waals surface area contributed by atoms with Gasteiger partial charge in [0.05, 0.1) is 11.9 Å². The van der Waals surface area contributed by atoms with E-state index < -0.39 is 22.0 Å². The van der Waals surface area contributed by atoms with E-state index in [0.717, 1.165) is 21.7 Å². The lowest BCUT2D eigenvalue weighted by molar-refractivity contribution is -0.117. The molecule has 1 amide bonds. The Morgan fingerprint density at radius 3 is 2.42 bits per heavy atom. The van der Waals surface area contributed by atoms with Crippen LogP contribution >= 0.6 is 34.5 Å². The highest BCUT2D eigenvalue weighted by Crippen LogP contribution is 2.30. The Hall–Kier alpha value is -2.20. The molecule has 0 unspecified atom stereocenters. The molecule has 0 radical (unpaired) electrons. The summed E-state index contributed by atoms with van der Waals surface area (Å²) in [6.45, 7) is 3.55. The summed E-state index contributed by atoms with van der Waals surface area (Å²) in [5.74, 6) is -0.511. The monoisotopic (exact) mass is 498 g/mol. The van der Waals surface area contributed by atoms with Crippen molar-refractivity contribution in [3.8, 4) is 10.6 Å². The molecule has 0 bridgehead atoms. The molecule has 1 heterocycles. The average molecular weight is 499 g/mol. The van der Waals surface area contributed by atoms with E-state index in [9.17, 15) is 13.2 Å². The number of sulfonamides is 1. The average Bonchev–Trinajstić information content (AvgIpc) is 3.16. The number of halogens is 2. The smallest absolute Gasteiger partial charge is 0.250 e. The summed E-state index contributed by atoms with van der Waals surface area (Å²) in [7, 11) is -3.77. The molecule has 0 saturated carbocycles. The van der Waals surface area contributed by atoms with Gasteiger partial charge in [-0.15, -0.1) is 10.2 Å². The van der Waals surface area contributed by atoms with Crippen molar-refractivity contribution in [2.24, 2.45) is 0 Å². The highest BCUT2D eigenvalue weighted by atomic mass is 35.5. The van der Waals surface area contributed by atoms with Crippen molar-refractivity contribution in [2.75, 3.05) is 15.9 Å². The Morgan fingerprint density at radius 2 is 1.84 bits per heavy atom. The van der Waals surface area contributed by atoms with E-state index >= 15 is 0 Å². The molecule has 31 heavy (non-hydrogen) atoms. The molecule has 0 aliphatic rings. The lowest BCUT2D eigenvalue weighted by Gasteiger charge is -2.30. The molecule has 0 fully saturated rings. The number of rotatable bonds is 7. The minimum absolute atomic E-state index is 0.243. The second-order valence-electron chi connectivity index (χ2n) is 6.82. The number of aromatic nitrogens is 2. The molecule has 2 aromatic carbocycles. The lowest BCUT2D eigenvalue weighted by Crippen LogP contribution is -2.47. The van der Waals surface area contributed by atoms with Gasteiger partial charge < -0.3 is 0 Å². The van der Waals surface area contributed by atoms with Crippen LogP contribution in [0.2, 0.25) is 10.0 Å². The highest BCUT2D eigenvalue weighted by Gasteiger charge is 2.32. The molecule has 164 valence electrons. The Morgan fingerprint density at radius 1 is 1.16 bits per heavy atom. The molecule has 7 nitrogen and oxygen atoms in total. The number of carbonyl (C=O) groups excluding carboxylic acids is 1. The van der Waals surface area contributed by atoms with Gasteiger partial charge in [0, 0.05) is 15.6 Å². The van der Waals surface area contributed by atoms with Crippen molar-refractivity contribution < 1.29 is 13.2 Å². The third kappa shape index (κ3) is 5.54. The zero-order valence-corrected chi connectivity index (χ0v) is 20.1. The zero-order chi connectivity index (χ0) is 22.8. The van der Waals surface area contributed by atoms with Gasteiger partial charge >= 0.3 is 0 Å². The topological polar surface area (TPSA) is 92.3 Å². The molecule has 0 spiro atoms. The van der Waals surface area contributed by atoms with Gasteiger partial charge in [0.2, 0.25) is 21.1 Å². The van der Waals surface area contributed by atoms with Crippen LogP contribution in [0, 0.1) is 6.92 Å². The second-order valence-corrected chi connectivity index (χ2v) is 10.5. The molecule has 3 rings (SSSR count). The Kier molecular flexibility index (Phi) is 7.20. The summed E-state index contributed by atoms with van der Waals surface area (Å²) in [5.41, 5.74) is 1.93. The Labute approximate surface area is 195 Å². The van der Waals surface area contributed by atoms with Crippen LogP contribution in [0.15, 0.2) is 42.5 Å². The predicted molar refractivity (Wildman–Crippen MR) is 127 cm³/mol. The lowest BCUT2D eigenvalue weighted by atomic mass is 10.1. The van der Waals surface area contributed by atoms with E-state index in [1.165, 1.54) is 17.4 Å². The largest absolute Gasteiger partial charge is 0.299 e. The number of aryl methyl sites for hydroxylation is 1. The van der Waals surface area contributed by atoms with E-state index in [1.807, 2.05) is 6.92 Å². The van der Waals surface area contributed by atoms with E-state index in [2.05, 4.69) is 15.5 Å². The molecule has 1 N–H and O–H groups in total. The van der Waals surface area contributed by atoms with E-state index in [-0.39, 0.29) is 11.6 Å². The van der Waals surface area contributed by atoms with Crippen molar-refractivity contribution in [1.82, 2.24) is 10.2 Å². The summed E-state index contributed by atoms with van der Waals surface area (Å²) in [5, 5.41) is 12.7. The summed E-state index contributed by atoms with van der Waals surface area (Å²) >= 11 is 13.3. The minimum atomic E-state index is -3.77. The van der Waals surface area contributed by atoms with Crippen molar-refractivity contribution in [3.63, 3.8) is 0 Å². The van der Waals surface area contributed by atoms with E-state index in [1.54, 1.807) is 43.3 Å². The molecule has 0 saturated heterocycles. The second kappa shape index (κ2) is 9.52. The fourth-order valence-electron chi connectivity index (χ4n) is 2.95. The first-order valence-corrected chi connectivity index (χ1v) is 12.7. The first-order valence-electron chi connectivity index (χ1n) is 9.26. The Balaban J connectivity index is 1.87. The van der Waals surface area contributed by atoms with Crippen LogP contribution in [-0.2, 0) is 14.8 Å². The van der Waals surface area contributed by atoms with Crippen molar-refractivity contribution in [3.05, 3.63) is 58.1 Å². The van der Waals surface area contributed by atoms with E-state index in [0.29, 0.717) is 20.7 Å². The fraction of sp³-hybridized carbons (Fsp3) is 0.250. The van der Waals surface area contributed by atoms with Gasteiger partial charge in [-0.3, -0.25) is 14.4 Å². The summed E-state index contributed by atoms with van der Waals surface area (Å²) in [6.07, 6.45) is 1.30. The van der Waals surface area contributed by atoms with Crippen LogP contribution in [0.3, 0.4) is 0 Å². The maximum atomic E-state index is 13.0. The maximum absolute atomic E-state index is 13.0. The molecule has 1 aromatic heterocycles. The number of hydrogen-bond donors (Lipinski definition) is 1. The fourth-order valence-corrected chi connectivity index (χ4v) is 5.21. The van der Waals surface area contributed by atoms with Crippen LogP contribution in [0.25, 0.3) is 10.6 Å². The third-order valence-corrected chi connectivity index (χ3v) is 7.21. The van der Waals surface area contributed by atoms with E-state index in [4.69, 9.17) is 23.2 Å². The van der Waals surface area contributed by atoms with Gasteiger partial charge in [0.1, 0.15) is 11.0 Å². The van der Waals surface area contributed by atoms with Crippen LogP contribution in [0.4, 0.5) is 10.8 Å². The number of benzene rings is 2. The number of nitrogens with zero attached hydrogens (tertiary/aromatic N) is 3. The molecule has 3 aromatic rings. The van der Waals surface area contributed by atoms with Crippen LogP contribution < -0.4 is 9.62 Å². The standard InChI is InChI=1S/C20H20Cl2N4O3S2/c1-4-17(26(31(3,28)29)15-10-5-12(2)16(22)11-15)18(27)23-20-25-24-19(30-20)13-6-8-14(21)9-7-13/h5-11,17H,4H2,1-3H3,(H,23,25,27)/t17-/m0/s1. The van der Waals surface area contributed by atoms with Gasteiger partial charge in [0.15, 0.2) is 0 Å². The van der Waals surface area contributed by atoms with Crippen molar-refractivity contribution >= 4 is 61.3 Å². The normalized spacial score (nSPS) is 12.4. The van der Waals surface area contributed by atoms with Gasteiger partial charge in [-0.2, -0.15) is 0 Å². The summed E-state index contributed by atoms with van der Waals surface area (Å²) in [4.78, 5) is 13.0. The first kappa shape index (κ1) is 23.5. The summed E-state index contributed by atoms with van der Waals surface area (Å²) in [6, 6.07) is 11.0. The quantitative estimate of drug-likeness (QED) is 0.494. The molecular formula is C20H20Cl2N4O3S2. The number of carbonyl (C=O) groups is 1. The van der Waals surface area contributed by atoms with Gasteiger partial charge in [-0.1, -0.05) is 59.7 Å². The molecule has 1 atom stereocenters. The van der Waals surface area contributed by atoms with Crippen LogP contribution in [-0.4, -0.2) is 36.8 Å². The van der Waals surface area contributed by atoms with Gasteiger partial charge in [-0.05, 0) is 43.2 Å². The minimum Gasteiger partial charge on any atom is -0.299 e. The van der Waals surface area contributed by atoms with Crippen LogP contribution in [0.5, 0.6) is 0 Å². The zero-order valence-electron chi connectivity index (χ0n) is 17.0. The number of anilines is 2. The number of hydrogen-bond acceptors (Lipinski definition) is 6. The highest BCUT2D eigenvalue weighted by molar-refractivity contribution is 7.92. The molecule has 11 heteroatoms. The van der Waals surface area contributed by atoms with Crippen molar-refractivity contribution in [1.29, 1.82) is 0 Å². The molecule has 0 aliphatic heterocycles. The number of nitrogens with one attached hydrogen (secondary N) is 1. The third-order valence-electron chi connectivity index (χ3n) is 4.49. The SMILES string of the molecule is CC[C@@H](C(=O)Nc1nnc(-c2ccc(Cl)cc2)s1)N(c1ccc(C)c(Cl)c1)S(C)(=O)=O. The van der Waals surface area contributed by atoms with Crippen molar-refractivity contribution in [2.45, 2.75) is 26.3 Å². The maximum Gasteiger partial charge on any atom is 0.250 e. The molecular weight excluding hydrogens is 479 g/mol. The van der Waals surface area contributed by atoms with Crippen LogP contribution in [0.1, 0.15) is 18.9 Å². The first-order chi connectivity index (χ1) is 14.6. The Bertz CT molecular complexity index is 1200. The van der Waals surface area contributed by atoms with Gasteiger partial charge in [0.25, 0.3) is 0 Å².